The summed E-state index contributed by atoms with van der Waals surface area (Å²) in [4.78, 5) is 32.0. The van der Waals surface area contributed by atoms with E-state index in [1.165, 1.54) is 19.3 Å². The van der Waals surface area contributed by atoms with Gasteiger partial charge in [0.25, 0.3) is 11.8 Å². The second kappa shape index (κ2) is 10.4. The Kier molecular flexibility index (Phi) is 6.83. The van der Waals surface area contributed by atoms with Crippen molar-refractivity contribution >= 4 is 34.1 Å². The summed E-state index contributed by atoms with van der Waals surface area (Å²) in [5.41, 5.74) is 2.48. The number of nitrogens with zero attached hydrogens (tertiary/aromatic N) is 2. The van der Waals surface area contributed by atoms with E-state index in [-0.39, 0.29) is 17.9 Å². The average molecular weight is 526 g/mol. The third kappa shape index (κ3) is 4.45. The van der Waals surface area contributed by atoms with E-state index in [1.807, 2.05) is 58.8 Å². The fraction of sp³-hybridized carbons (Fsp3) is 0.375. The van der Waals surface area contributed by atoms with Gasteiger partial charge in [-0.1, -0.05) is 80.6 Å². The summed E-state index contributed by atoms with van der Waals surface area (Å²) in [6.07, 6.45) is 7.97. The van der Waals surface area contributed by atoms with Crippen LogP contribution in [0.25, 0.3) is 10.9 Å². The monoisotopic (exact) mass is 525 g/mol. The third-order valence-electron chi connectivity index (χ3n) is 8.33. The van der Waals surface area contributed by atoms with Gasteiger partial charge in [-0.05, 0) is 54.5 Å². The van der Waals surface area contributed by atoms with Gasteiger partial charge in [0.1, 0.15) is 5.69 Å². The first-order valence-electron chi connectivity index (χ1n) is 13.9. The van der Waals surface area contributed by atoms with Crippen LogP contribution in [0, 0.1) is 6.92 Å². The molecule has 5 nitrogen and oxygen atoms in total. The van der Waals surface area contributed by atoms with E-state index in [0.717, 1.165) is 52.6 Å². The molecule has 0 radical (unpaired) electrons. The zero-order valence-electron chi connectivity index (χ0n) is 22.0. The van der Waals surface area contributed by atoms with Gasteiger partial charge in [0.15, 0.2) is 5.54 Å². The van der Waals surface area contributed by atoms with Gasteiger partial charge in [-0.15, -0.1) is 11.3 Å². The molecule has 0 bridgehead atoms. The first kappa shape index (κ1) is 24.9. The molecule has 2 aromatic carbocycles. The van der Waals surface area contributed by atoms with Crippen molar-refractivity contribution in [1.29, 1.82) is 0 Å². The summed E-state index contributed by atoms with van der Waals surface area (Å²) in [5, 5.41) is 6.52. The molecular weight excluding hydrogens is 490 g/mol. The molecule has 6 heteroatoms. The van der Waals surface area contributed by atoms with Crippen molar-refractivity contribution in [3.05, 3.63) is 93.8 Å². The number of thiophene rings is 1. The summed E-state index contributed by atoms with van der Waals surface area (Å²) in [6, 6.07) is 22.4. The predicted octanol–water partition coefficient (Wildman–Crippen LogP) is 6.79. The number of nitrogens with one attached hydrogen (secondary N) is 1. The molecule has 1 aliphatic carbocycles. The van der Waals surface area contributed by atoms with Gasteiger partial charge in [-0.3, -0.25) is 9.59 Å². The number of carbonyl (C=O) groups excluding carboxylic acids is 2. The number of amides is 2. The maximum Gasteiger partial charge on any atom is 0.272 e. The lowest BCUT2D eigenvalue weighted by molar-refractivity contribution is -0.136. The van der Waals surface area contributed by atoms with Crippen molar-refractivity contribution in [2.75, 3.05) is 0 Å². The maximum atomic E-state index is 14.7. The Bertz CT molecular complexity index is 1430. The molecule has 6 rings (SSSR count). The summed E-state index contributed by atoms with van der Waals surface area (Å²) >= 11 is 1.62. The number of aryl methyl sites for hydroxylation is 1. The number of hydrogen-bond donors (Lipinski definition) is 1. The number of benzene rings is 2. The minimum absolute atomic E-state index is 0.0701. The molecule has 1 atom stereocenters. The molecule has 196 valence electrons. The molecular formula is C32H35N3O2S. The van der Waals surface area contributed by atoms with Crippen molar-refractivity contribution in [3.8, 4) is 0 Å². The standard InChI is InChI=1S/C32H35N3O2S/c1-23-16-17-24-20-29-30(36)35(21-27-15-10-18-38-27)32(22-34(29)28(24)19-23,25-11-6-5-7-12-25)31(37)33-26-13-8-3-2-4-9-14-26/h5-7,10-12,15-20,26H,2-4,8-9,13-14,21-22H2,1H3,(H,33,37)/t32-/m0/s1. The lowest BCUT2D eigenvalue weighted by Gasteiger charge is -2.47. The van der Waals surface area contributed by atoms with E-state index < -0.39 is 5.54 Å². The molecule has 1 aliphatic heterocycles. The van der Waals surface area contributed by atoms with E-state index in [2.05, 4.69) is 35.0 Å². The van der Waals surface area contributed by atoms with Crippen molar-refractivity contribution in [3.63, 3.8) is 0 Å². The topological polar surface area (TPSA) is 54.3 Å². The van der Waals surface area contributed by atoms with Gasteiger partial charge >= 0.3 is 0 Å². The van der Waals surface area contributed by atoms with E-state index in [4.69, 9.17) is 0 Å². The third-order valence-corrected chi connectivity index (χ3v) is 9.19. The predicted molar refractivity (Wildman–Crippen MR) is 153 cm³/mol. The Morgan fingerprint density at radius 1 is 0.974 bits per heavy atom. The van der Waals surface area contributed by atoms with E-state index in [9.17, 15) is 9.59 Å². The van der Waals surface area contributed by atoms with E-state index in [0.29, 0.717) is 18.8 Å². The van der Waals surface area contributed by atoms with Gasteiger partial charge in [-0.25, -0.2) is 0 Å². The Labute approximate surface area is 228 Å². The number of rotatable bonds is 5. The van der Waals surface area contributed by atoms with Crippen molar-refractivity contribution in [2.24, 2.45) is 0 Å². The molecule has 2 amide bonds. The molecule has 1 saturated carbocycles. The molecule has 2 aromatic heterocycles. The Morgan fingerprint density at radius 3 is 2.47 bits per heavy atom. The second-order valence-corrected chi connectivity index (χ2v) is 11.9. The van der Waals surface area contributed by atoms with Crippen molar-refractivity contribution < 1.29 is 9.59 Å². The van der Waals surface area contributed by atoms with Gasteiger partial charge in [0.2, 0.25) is 0 Å². The molecule has 0 spiro atoms. The largest absolute Gasteiger partial charge is 0.351 e. The Balaban J connectivity index is 1.51. The van der Waals surface area contributed by atoms with E-state index in [1.54, 1.807) is 11.3 Å². The fourth-order valence-electron chi connectivity index (χ4n) is 6.29. The highest BCUT2D eigenvalue weighted by atomic mass is 32.1. The highest BCUT2D eigenvalue weighted by molar-refractivity contribution is 7.09. The Hall–Kier alpha value is -3.38. The number of hydrogen-bond acceptors (Lipinski definition) is 3. The van der Waals surface area contributed by atoms with Crippen LogP contribution in [-0.2, 0) is 23.4 Å². The zero-order chi connectivity index (χ0) is 26.1. The van der Waals surface area contributed by atoms with Crippen LogP contribution in [-0.4, -0.2) is 27.3 Å². The van der Waals surface area contributed by atoms with Gasteiger partial charge in [0.05, 0.1) is 13.1 Å². The lowest BCUT2D eigenvalue weighted by atomic mass is 9.83. The summed E-state index contributed by atoms with van der Waals surface area (Å²) < 4.78 is 2.08. The first-order valence-corrected chi connectivity index (χ1v) is 14.7. The minimum atomic E-state index is -1.16. The second-order valence-electron chi connectivity index (χ2n) is 10.9. The van der Waals surface area contributed by atoms with Crippen molar-refractivity contribution in [2.45, 2.75) is 76.5 Å². The average Bonchev–Trinajstić information content (AvgIpc) is 3.55. The summed E-state index contributed by atoms with van der Waals surface area (Å²) in [5.74, 6) is -0.172. The zero-order valence-corrected chi connectivity index (χ0v) is 22.8. The highest BCUT2D eigenvalue weighted by Crippen LogP contribution is 2.41. The van der Waals surface area contributed by atoms with Crippen LogP contribution in [0.1, 0.15) is 71.4 Å². The summed E-state index contributed by atoms with van der Waals surface area (Å²) in [7, 11) is 0. The fourth-order valence-corrected chi connectivity index (χ4v) is 6.99. The van der Waals surface area contributed by atoms with Crippen LogP contribution in [0.4, 0.5) is 0 Å². The quantitative estimate of drug-likeness (QED) is 0.312. The number of fused-ring (bicyclic) bond motifs is 3. The number of aromatic nitrogens is 1. The molecule has 1 N–H and O–H groups in total. The van der Waals surface area contributed by atoms with Gasteiger partial charge in [0, 0.05) is 21.8 Å². The normalized spacial score (nSPS) is 20.7. The van der Waals surface area contributed by atoms with Crippen LogP contribution in [0.3, 0.4) is 0 Å². The first-order chi connectivity index (χ1) is 18.6. The van der Waals surface area contributed by atoms with Gasteiger partial charge < -0.3 is 14.8 Å². The van der Waals surface area contributed by atoms with Crippen molar-refractivity contribution in [1.82, 2.24) is 14.8 Å². The smallest absolute Gasteiger partial charge is 0.272 e. The van der Waals surface area contributed by atoms with Crippen LogP contribution < -0.4 is 5.32 Å². The SMILES string of the molecule is Cc1ccc2cc3n(c2c1)C[C@@](C(=O)NC1CCCCCCC1)(c1ccccc1)N(Cc1cccs1)C3=O. The minimum Gasteiger partial charge on any atom is -0.351 e. The molecule has 3 heterocycles. The van der Waals surface area contributed by atoms with E-state index >= 15 is 0 Å². The molecule has 4 aromatic rings. The van der Waals surface area contributed by atoms with Crippen LogP contribution >= 0.6 is 11.3 Å². The summed E-state index contributed by atoms with van der Waals surface area (Å²) in [6.45, 7) is 2.85. The molecule has 0 saturated heterocycles. The number of carbonyl (C=O) groups is 2. The molecule has 1 fully saturated rings. The van der Waals surface area contributed by atoms with Gasteiger partial charge in [-0.2, -0.15) is 0 Å². The highest BCUT2D eigenvalue weighted by Gasteiger charge is 2.52. The molecule has 38 heavy (non-hydrogen) atoms. The lowest BCUT2D eigenvalue weighted by Crippen LogP contribution is -2.63. The van der Waals surface area contributed by atoms with Crippen LogP contribution in [0.2, 0.25) is 0 Å². The Morgan fingerprint density at radius 2 is 1.74 bits per heavy atom. The maximum absolute atomic E-state index is 14.7. The molecule has 0 unspecified atom stereocenters. The molecule has 2 aliphatic rings. The van der Waals surface area contributed by atoms with Crippen LogP contribution in [0.15, 0.2) is 72.1 Å². The van der Waals surface area contributed by atoms with Crippen LogP contribution in [0.5, 0.6) is 0 Å².